The highest BCUT2D eigenvalue weighted by Crippen LogP contribution is 2.14. The molecule has 0 aliphatic carbocycles. The van der Waals surface area contributed by atoms with Crippen molar-refractivity contribution >= 4 is 19.4 Å². The van der Waals surface area contributed by atoms with Crippen LogP contribution in [0.15, 0.2) is 24.3 Å². The number of hydrogen-bond donors (Lipinski definition) is 1. The highest BCUT2D eigenvalue weighted by molar-refractivity contribution is 6.15. The molecule has 0 heterocycles. The monoisotopic (exact) mass is 150 g/mol. The Labute approximate surface area is 64.8 Å². The van der Waals surface area contributed by atoms with Gasteiger partial charge >= 0.3 is 0 Å². The number of non-ortho nitro benzene ring substituents is 1. The quantitative estimate of drug-likeness (QED) is 0.380. The van der Waals surface area contributed by atoms with Gasteiger partial charge in [0.2, 0.25) is 7.98 Å². The first-order valence-electron chi connectivity index (χ1n) is 3.16. The second kappa shape index (κ2) is 3.05. The summed E-state index contributed by atoms with van der Waals surface area (Å²) in [6.45, 7) is 0. The largest absolute Gasteiger partial charge is 0.434 e. The molecular formula is C6H7BN2O2. The number of anilines is 1. The molecule has 56 valence electrons. The zero-order valence-electron chi connectivity index (χ0n) is 6.07. The zero-order valence-corrected chi connectivity index (χ0v) is 6.07. The van der Waals surface area contributed by atoms with Gasteiger partial charge < -0.3 is 5.23 Å². The highest BCUT2D eigenvalue weighted by atomic mass is 16.6. The maximum atomic E-state index is 10.2. The summed E-state index contributed by atoms with van der Waals surface area (Å²) in [5.41, 5.74) is 0.986. The molecule has 1 rings (SSSR count). The smallest absolute Gasteiger partial charge is 0.269 e. The highest BCUT2D eigenvalue weighted by Gasteiger charge is 2.01. The number of hydrogen-bond acceptors (Lipinski definition) is 3. The van der Waals surface area contributed by atoms with Crippen LogP contribution in [0.4, 0.5) is 11.4 Å². The summed E-state index contributed by atoms with van der Waals surface area (Å²) in [6, 6.07) is 6.26. The normalized spacial score (nSPS) is 9.09. The molecule has 0 unspecified atom stereocenters. The molecule has 0 aromatic heterocycles. The molecule has 0 atom stereocenters. The fourth-order valence-electron chi connectivity index (χ4n) is 0.750. The average molecular weight is 150 g/mol. The Morgan fingerprint density at radius 3 is 2.27 bits per heavy atom. The van der Waals surface area contributed by atoms with E-state index in [1.54, 1.807) is 20.1 Å². The van der Waals surface area contributed by atoms with Crippen LogP contribution >= 0.6 is 0 Å². The Balaban J connectivity index is 2.91. The minimum absolute atomic E-state index is 0.115. The third-order valence-corrected chi connectivity index (χ3v) is 1.37. The van der Waals surface area contributed by atoms with E-state index in [0.29, 0.717) is 0 Å². The first-order valence-corrected chi connectivity index (χ1v) is 3.16. The molecular weight excluding hydrogens is 143 g/mol. The van der Waals surface area contributed by atoms with Gasteiger partial charge in [-0.2, -0.15) is 0 Å². The van der Waals surface area contributed by atoms with Crippen molar-refractivity contribution in [2.24, 2.45) is 0 Å². The summed E-state index contributed by atoms with van der Waals surface area (Å²) in [6.07, 6.45) is 0. The van der Waals surface area contributed by atoms with Crippen LogP contribution in [0.3, 0.4) is 0 Å². The number of rotatable bonds is 2. The van der Waals surface area contributed by atoms with E-state index in [9.17, 15) is 10.1 Å². The number of benzene rings is 1. The number of nitro benzene ring substituents is 1. The summed E-state index contributed by atoms with van der Waals surface area (Å²) >= 11 is 0. The predicted molar refractivity (Wildman–Crippen MR) is 45.3 cm³/mol. The molecule has 0 amide bonds. The summed E-state index contributed by atoms with van der Waals surface area (Å²) in [7, 11) is 1.77. The van der Waals surface area contributed by atoms with Gasteiger partial charge in [0.25, 0.3) is 5.69 Å². The number of nitrogens with zero attached hydrogens (tertiary/aromatic N) is 1. The molecule has 0 aliphatic heterocycles. The first kappa shape index (κ1) is 7.59. The van der Waals surface area contributed by atoms with Crippen LogP contribution in [-0.2, 0) is 0 Å². The van der Waals surface area contributed by atoms with Crippen molar-refractivity contribution in [2.75, 3.05) is 5.23 Å². The van der Waals surface area contributed by atoms with E-state index in [4.69, 9.17) is 0 Å². The van der Waals surface area contributed by atoms with Gasteiger partial charge in [-0.15, -0.1) is 0 Å². The number of nitrogens with one attached hydrogen (secondary N) is 1. The van der Waals surface area contributed by atoms with Gasteiger partial charge in [-0.05, 0) is 12.1 Å². The molecule has 0 bridgehead atoms. The van der Waals surface area contributed by atoms with E-state index in [2.05, 4.69) is 5.23 Å². The molecule has 0 saturated heterocycles. The van der Waals surface area contributed by atoms with Crippen molar-refractivity contribution < 1.29 is 4.92 Å². The Kier molecular flexibility index (Phi) is 2.10. The van der Waals surface area contributed by atoms with E-state index in [1.165, 1.54) is 12.1 Å². The van der Waals surface area contributed by atoms with Crippen molar-refractivity contribution in [1.29, 1.82) is 0 Å². The van der Waals surface area contributed by atoms with Crippen LogP contribution < -0.4 is 5.23 Å². The summed E-state index contributed by atoms with van der Waals surface area (Å²) in [5.74, 6) is 0. The van der Waals surface area contributed by atoms with Crippen LogP contribution in [-0.4, -0.2) is 12.9 Å². The van der Waals surface area contributed by atoms with Gasteiger partial charge in [-0.25, -0.2) is 0 Å². The Hall–Kier alpha value is -1.52. The standard InChI is InChI=1S/C6H7BN2O2/c7-8-5-1-3-6(4-2-5)9(10)11/h1-4,8H,7H2. The van der Waals surface area contributed by atoms with Crippen molar-refractivity contribution in [2.45, 2.75) is 0 Å². The minimum atomic E-state index is -0.417. The maximum absolute atomic E-state index is 10.2. The minimum Gasteiger partial charge on any atom is -0.434 e. The van der Waals surface area contributed by atoms with Gasteiger partial charge in [-0.1, -0.05) is 0 Å². The molecule has 0 aliphatic rings. The topological polar surface area (TPSA) is 55.2 Å². The lowest BCUT2D eigenvalue weighted by atomic mass is 10.2. The lowest BCUT2D eigenvalue weighted by molar-refractivity contribution is -0.384. The van der Waals surface area contributed by atoms with Gasteiger partial charge in [0.15, 0.2) is 0 Å². The van der Waals surface area contributed by atoms with E-state index < -0.39 is 4.92 Å². The molecule has 0 radical (unpaired) electrons. The molecule has 5 heteroatoms. The molecule has 1 aromatic carbocycles. The number of nitro groups is 1. The average Bonchev–Trinajstić information content (AvgIpc) is 2.05. The Morgan fingerprint density at radius 2 is 1.91 bits per heavy atom. The fraction of sp³-hybridized carbons (Fsp3) is 0. The molecule has 0 spiro atoms. The maximum Gasteiger partial charge on any atom is 0.269 e. The molecule has 0 saturated carbocycles. The first-order chi connectivity index (χ1) is 5.24. The van der Waals surface area contributed by atoms with Crippen molar-refractivity contribution in [3.8, 4) is 0 Å². The van der Waals surface area contributed by atoms with Crippen LogP contribution in [0, 0.1) is 10.1 Å². The molecule has 4 nitrogen and oxygen atoms in total. The van der Waals surface area contributed by atoms with E-state index in [0.717, 1.165) is 5.69 Å². The third-order valence-electron chi connectivity index (χ3n) is 1.37. The molecule has 1 aromatic rings. The summed E-state index contributed by atoms with van der Waals surface area (Å²) < 4.78 is 0. The fourth-order valence-corrected chi connectivity index (χ4v) is 0.750. The third kappa shape index (κ3) is 1.70. The van der Waals surface area contributed by atoms with Crippen molar-refractivity contribution in [1.82, 2.24) is 0 Å². The van der Waals surface area contributed by atoms with Gasteiger partial charge in [-0.3, -0.25) is 10.1 Å². The van der Waals surface area contributed by atoms with Crippen LogP contribution in [0.1, 0.15) is 0 Å². The second-order valence-electron chi connectivity index (χ2n) is 2.05. The van der Waals surface area contributed by atoms with Gasteiger partial charge in [0.05, 0.1) is 4.92 Å². The van der Waals surface area contributed by atoms with Gasteiger partial charge in [0, 0.05) is 17.8 Å². The molecule has 0 fully saturated rings. The Bertz CT molecular complexity index is 260. The predicted octanol–water partition coefficient (Wildman–Crippen LogP) is 0.555. The Morgan fingerprint density at radius 1 is 1.36 bits per heavy atom. The van der Waals surface area contributed by atoms with Crippen LogP contribution in [0.5, 0.6) is 0 Å². The van der Waals surface area contributed by atoms with Crippen LogP contribution in [0.25, 0.3) is 0 Å². The summed E-state index contributed by atoms with van der Waals surface area (Å²) in [4.78, 5) is 9.77. The SMILES string of the molecule is BNc1ccc([N+](=O)[O-])cc1. The zero-order chi connectivity index (χ0) is 8.27. The molecule has 11 heavy (non-hydrogen) atoms. The second-order valence-corrected chi connectivity index (χ2v) is 2.05. The lowest BCUT2D eigenvalue weighted by Crippen LogP contribution is -1.91. The molecule has 1 N–H and O–H groups in total. The van der Waals surface area contributed by atoms with E-state index in [1.807, 2.05) is 0 Å². The van der Waals surface area contributed by atoms with Crippen molar-refractivity contribution in [3.63, 3.8) is 0 Å². The lowest BCUT2D eigenvalue weighted by Gasteiger charge is -1.96. The van der Waals surface area contributed by atoms with Gasteiger partial charge in [0.1, 0.15) is 0 Å². The van der Waals surface area contributed by atoms with Crippen molar-refractivity contribution in [3.05, 3.63) is 34.4 Å². The van der Waals surface area contributed by atoms with E-state index in [-0.39, 0.29) is 5.69 Å². The van der Waals surface area contributed by atoms with E-state index >= 15 is 0 Å². The summed E-state index contributed by atoms with van der Waals surface area (Å²) in [5, 5.41) is 13.1. The van der Waals surface area contributed by atoms with Crippen LogP contribution in [0.2, 0.25) is 0 Å².